The molecule has 21 heavy (non-hydrogen) atoms. The van der Waals surface area contributed by atoms with Gasteiger partial charge in [-0.15, -0.1) is 11.6 Å². The lowest BCUT2D eigenvalue weighted by atomic mass is 10.0. The summed E-state index contributed by atoms with van der Waals surface area (Å²) in [6, 6.07) is 5.85. The molecule has 0 aliphatic rings. The van der Waals surface area contributed by atoms with Gasteiger partial charge in [-0.1, -0.05) is 0 Å². The number of ether oxygens (including phenoxy) is 2. The van der Waals surface area contributed by atoms with E-state index in [2.05, 4.69) is 24.1 Å². The minimum Gasteiger partial charge on any atom is -0.493 e. The van der Waals surface area contributed by atoms with Crippen molar-refractivity contribution in [2.45, 2.75) is 25.8 Å². The second-order valence-corrected chi connectivity index (χ2v) is 5.91. The predicted octanol–water partition coefficient (Wildman–Crippen LogP) is 4.07. The number of pyridine rings is 1. The Morgan fingerprint density at radius 1 is 1.19 bits per heavy atom. The van der Waals surface area contributed by atoms with Gasteiger partial charge in [-0.05, 0) is 43.9 Å². The molecule has 1 heterocycles. The summed E-state index contributed by atoms with van der Waals surface area (Å²) in [6.45, 7) is 4.22. The molecule has 0 spiro atoms. The quantitative estimate of drug-likeness (QED) is 0.817. The molecule has 0 radical (unpaired) electrons. The van der Waals surface area contributed by atoms with Gasteiger partial charge in [-0.3, -0.25) is 0 Å². The zero-order valence-corrected chi connectivity index (χ0v) is 13.6. The summed E-state index contributed by atoms with van der Waals surface area (Å²) in [4.78, 5) is 4.45. The molecule has 0 saturated heterocycles. The number of nitrogens with one attached hydrogen (secondary N) is 1. The van der Waals surface area contributed by atoms with E-state index in [1.807, 2.05) is 18.2 Å². The van der Waals surface area contributed by atoms with E-state index in [1.54, 1.807) is 20.4 Å². The first kappa shape index (κ1) is 15.7. The van der Waals surface area contributed by atoms with Crippen LogP contribution in [-0.4, -0.2) is 30.6 Å². The lowest BCUT2D eigenvalue weighted by molar-refractivity contribution is 0.356. The zero-order valence-electron chi connectivity index (χ0n) is 12.9. The predicted molar refractivity (Wildman–Crippen MR) is 87.9 cm³/mol. The maximum absolute atomic E-state index is 5.86. The van der Waals surface area contributed by atoms with Gasteiger partial charge in [0.15, 0.2) is 11.5 Å². The largest absolute Gasteiger partial charge is 0.493 e. The molecule has 1 N–H and O–H groups in total. The molecule has 0 unspecified atom stereocenters. The van der Waals surface area contributed by atoms with Crippen LogP contribution in [0.15, 0.2) is 24.4 Å². The van der Waals surface area contributed by atoms with Gasteiger partial charge < -0.3 is 14.8 Å². The maximum Gasteiger partial charge on any atom is 0.161 e. The fraction of sp³-hybridized carbons (Fsp3) is 0.438. The number of fused-ring (bicyclic) bond motifs is 1. The Balaban J connectivity index is 2.50. The summed E-state index contributed by atoms with van der Waals surface area (Å²) in [5.74, 6) is 2.82. The first-order chi connectivity index (χ1) is 10.0. The van der Waals surface area contributed by atoms with Crippen LogP contribution in [-0.2, 0) is 0 Å². The average molecular weight is 309 g/mol. The number of benzene rings is 1. The highest BCUT2D eigenvalue weighted by Gasteiger charge is 2.19. The standard InChI is InChI=1S/C16H21ClN2O2/c1-16(2,6-7-17)19-15-12-10-14(21-4)13(20-3)9-11(12)5-8-18-15/h5,8-10H,6-7H2,1-4H3,(H,18,19). The topological polar surface area (TPSA) is 43.4 Å². The molecule has 4 nitrogen and oxygen atoms in total. The van der Waals surface area contributed by atoms with E-state index in [9.17, 15) is 0 Å². The van der Waals surface area contributed by atoms with Gasteiger partial charge in [0, 0.05) is 23.0 Å². The van der Waals surface area contributed by atoms with Crippen LogP contribution in [0.3, 0.4) is 0 Å². The summed E-state index contributed by atoms with van der Waals surface area (Å²) >= 11 is 5.86. The molecule has 1 aromatic carbocycles. The first-order valence-electron chi connectivity index (χ1n) is 6.85. The van der Waals surface area contributed by atoms with E-state index >= 15 is 0 Å². The van der Waals surface area contributed by atoms with Gasteiger partial charge in [-0.2, -0.15) is 0 Å². The average Bonchev–Trinajstić information content (AvgIpc) is 2.45. The molecule has 0 amide bonds. The summed E-state index contributed by atoms with van der Waals surface area (Å²) in [6.07, 6.45) is 2.63. The van der Waals surface area contributed by atoms with Crippen LogP contribution in [0.25, 0.3) is 10.8 Å². The molecule has 0 fully saturated rings. The monoisotopic (exact) mass is 308 g/mol. The van der Waals surface area contributed by atoms with E-state index in [4.69, 9.17) is 21.1 Å². The number of hydrogen-bond acceptors (Lipinski definition) is 4. The molecule has 0 saturated carbocycles. The third kappa shape index (κ3) is 3.50. The van der Waals surface area contributed by atoms with Crippen molar-refractivity contribution >= 4 is 28.2 Å². The van der Waals surface area contributed by atoms with Crippen molar-refractivity contribution in [1.29, 1.82) is 0 Å². The number of halogens is 1. The molecular weight excluding hydrogens is 288 g/mol. The van der Waals surface area contributed by atoms with Gasteiger partial charge in [0.1, 0.15) is 5.82 Å². The molecule has 0 aliphatic carbocycles. The summed E-state index contributed by atoms with van der Waals surface area (Å²) in [5.41, 5.74) is -0.129. The lowest BCUT2D eigenvalue weighted by Crippen LogP contribution is -2.31. The van der Waals surface area contributed by atoms with Gasteiger partial charge in [-0.25, -0.2) is 4.98 Å². The summed E-state index contributed by atoms with van der Waals surface area (Å²) in [5, 5.41) is 5.50. The molecule has 0 bridgehead atoms. The third-order valence-corrected chi connectivity index (χ3v) is 3.63. The van der Waals surface area contributed by atoms with E-state index in [-0.39, 0.29) is 5.54 Å². The number of nitrogens with zero attached hydrogens (tertiary/aromatic N) is 1. The van der Waals surface area contributed by atoms with Crippen LogP contribution < -0.4 is 14.8 Å². The molecule has 0 aliphatic heterocycles. The van der Waals surface area contributed by atoms with Crippen molar-refractivity contribution in [2.75, 3.05) is 25.4 Å². The highest BCUT2D eigenvalue weighted by atomic mass is 35.5. The molecular formula is C16H21ClN2O2. The van der Waals surface area contributed by atoms with Crippen LogP contribution in [0.1, 0.15) is 20.3 Å². The number of methoxy groups -OCH3 is 2. The Kier molecular flexibility index (Phi) is 4.78. The molecule has 5 heteroatoms. The Labute approximate surface area is 130 Å². The van der Waals surface area contributed by atoms with E-state index in [0.29, 0.717) is 17.4 Å². The van der Waals surface area contributed by atoms with Gasteiger partial charge >= 0.3 is 0 Å². The summed E-state index contributed by atoms with van der Waals surface area (Å²) < 4.78 is 10.7. The fourth-order valence-electron chi connectivity index (χ4n) is 2.22. The van der Waals surface area contributed by atoms with Crippen LogP contribution in [0.5, 0.6) is 11.5 Å². The van der Waals surface area contributed by atoms with Crippen molar-refractivity contribution in [3.05, 3.63) is 24.4 Å². The van der Waals surface area contributed by atoms with Crippen LogP contribution in [0.2, 0.25) is 0 Å². The molecule has 114 valence electrons. The molecule has 2 rings (SSSR count). The minimum absolute atomic E-state index is 0.129. The lowest BCUT2D eigenvalue weighted by Gasteiger charge is -2.26. The maximum atomic E-state index is 5.86. The van der Waals surface area contributed by atoms with Crippen molar-refractivity contribution in [2.24, 2.45) is 0 Å². The van der Waals surface area contributed by atoms with Crippen molar-refractivity contribution in [3.8, 4) is 11.5 Å². The second-order valence-electron chi connectivity index (χ2n) is 5.54. The number of rotatable bonds is 6. The second kappa shape index (κ2) is 6.39. The van der Waals surface area contributed by atoms with Crippen molar-refractivity contribution < 1.29 is 9.47 Å². The highest BCUT2D eigenvalue weighted by Crippen LogP contribution is 2.35. The smallest absolute Gasteiger partial charge is 0.161 e. The van der Waals surface area contributed by atoms with Crippen LogP contribution in [0.4, 0.5) is 5.82 Å². The molecule has 2 aromatic rings. The normalized spacial score (nSPS) is 11.5. The highest BCUT2D eigenvalue weighted by molar-refractivity contribution is 6.17. The number of aromatic nitrogens is 1. The summed E-state index contributed by atoms with van der Waals surface area (Å²) in [7, 11) is 3.26. The van der Waals surface area contributed by atoms with E-state index in [1.165, 1.54) is 0 Å². The third-order valence-electron chi connectivity index (χ3n) is 3.44. The van der Waals surface area contributed by atoms with Gasteiger partial charge in [0.05, 0.1) is 14.2 Å². The zero-order chi connectivity index (χ0) is 15.5. The number of hydrogen-bond donors (Lipinski definition) is 1. The van der Waals surface area contributed by atoms with Gasteiger partial charge in [0.25, 0.3) is 0 Å². The molecule has 0 atom stereocenters. The number of anilines is 1. The minimum atomic E-state index is -0.129. The Morgan fingerprint density at radius 3 is 2.48 bits per heavy atom. The Bertz CT molecular complexity index is 629. The number of alkyl halides is 1. The Hall–Kier alpha value is -1.68. The van der Waals surface area contributed by atoms with Gasteiger partial charge in [0.2, 0.25) is 0 Å². The van der Waals surface area contributed by atoms with E-state index in [0.717, 1.165) is 23.0 Å². The van der Waals surface area contributed by atoms with Crippen LogP contribution >= 0.6 is 11.6 Å². The van der Waals surface area contributed by atoms with E-state index < -0.39 is 0 Å². The van der Waals surface area contributed by atoms with Crippen molar-refractivity contribution in [1.82, 2.24) is 4.98 Å². The van der Waals surface area contributed by atoms with Crippen LogP contribution in [0, 0.1) is 0 Å². The SMILES string of the molecule is COc1cc2ccnc(NC(C)(C)CCCl)c2cc1OC. The fourth-order valence-corrected chi connectivity index (χ4v) is 2.69. The molecule has 1 aromatic heterocycles. The first-order valence-corrected chi connectivity index (χ1v) is 7.39. The Morgan fingerprint density at radius 2 is 1.86 bits per heavy atom. The van der Waals surface area contributed by atoms with Crippen molar-refractivity contribution in [3.63, 3.8) is 0 Å².